The summed E-state index contributed by atoms with van der Waals surface area (Å²) >= 11 is 0. The molecule has 1 atom stereocenters. The van der Waals surface area contributed by atoms with Crippen molar-refractivity contribution in [2.45, 2.75) is 38.4 Å². The van der Waals surface area contributed by atoms with Gasteiger partial charge in [0.25, 0.3) is 0 Å². The maximum Gasteiger partial charge on any atom is 0.0411 e. The first kappa shape index (κ1) is 19.5. The van der Waals surface area contributed by atoms with E-state index in [4.69, 9.17) is 0 Å². The lowest BCUT2D eigenvalue weighted by atomic mass is 10.0. The molecule has 0 aromatic heterocycles. The molecule has 1 aromatic rings. The number of nitrogens with one attached hydrogen (secondary N) is 1. The standard InChI is InChI=1S/C19H32N4.ClH/c1-16-14-23(13-10-20-16)15-17-6-4-5-7-19(17)22(3)18-8-11-21(2)12-9-18;/h4-7,16,18,20H,8-15H2,1-3H3;1H/t16-;/m0./s1. The summed E-state index contributed by atoms with van der Waals surface area (Å²) in [5.41, 5.74) is 2.90. The van der Waals surface area contributed by atoms with E-state index in [1.165, 1.54) is 37.2 Å². The van der Waals surface area contributed by atoms with Crippen LogP contribution in [0.4, 0.5) is 5.69 Å². The SMILES string of the molecule is C[C@H]1CN(Cc2ccccc2N(C)C2CCN(C)CC2)CCN1.Cl. The molecule has 1 aromatic carbocycles. The third-order valence-electron chi connectivity index (χ3n) is 5.45. The van der Waals surface area contributed by atoms with Crippen LogP contribution in [-0.4, -0.2) is 68.7 Å². The van der Waals surface area contributed by atoms with Crippen LogP contribution in [0.2, 0.25) is 0 Å². The van der Waals surface area contributed by atoms with Crippen LogP contribution >= 0.6 is 12.4 Å². The summed E-state index contributed by atoms with van der Waals surface area (Å²) in [6.07, 6.45) is 2.54. The summed E-state index contributed by atoms with van der Waals surface area (Å²) in [7, 11) is 4.52. The first-order chi connectivity index (χ1) is 11.1. The normalized spacial score (nSPS) is 23.7. The van der Waals surface area contributed by atoms with Gasteiger partial charge in [-0.05, 0) is 51.5 Å². The molecule has 0 unspecified atom stereocenters. The number of halogens is 1. The second kappa shape index (κ2) is 9.04. The highest BCUT2D eigenvalue weighted by Gasteiger charge is 2.23. The van der Waals surface area contributed by atoms with Gasteiger partial charge in [-0.2, -0.15) is 0 Å². The van der Waals surface area contributed by atoms with Gasteiger partial charge < -0.3 is 15.1 Å². The van der Waals surface area contributed by atoms with Crippen LogP contribution in [-0.2, 0) is 6.54 Å². The maximum absolute atomic E-state index is 3.53. The summed E-state index contributed by atoms with van der Waals surface area (Å²) in [4.78, 5) is 7.56. The van der Waals surface area contributed by atoms with E-state index in [1.807, 2.05) is 0 Å². The van der Waals surface area contributed by atoms with Crippen molar-refractivity contribution in [3.63, 3.8) is 0 Å². The number of anilines is 1. The van der Waals surface area contributed by atoms with E-state index in [2.05, 4.69) is 65.3 Å². The first-order valence-electron chi connectivity index (χ1n) is 9.08. The van der Waals surface area contributed by atoms with E-state index in [0.717, 1.165) is 26.2 Å². The maximum atomic E-state index is 3.53. The zero-order chi connectivity index (χ0) is 16.2. The molecule has 0 amide bonds. The number of piperazine rings is 1. The lowest BCUT2D eigenvalue weighted by Gasteiger charge is -2.38. The minimum absolute atomic E-state index is 0. The fourth-order valence-electron chi connectivity index (χ4n) is 3.96. The summed E-state index contributed by atoms with van der Waals surface area (Å²) in [6.45, 7) is 9.18. The summed E-state index contributed by atoms with van der Waals surface area (Å²) in [5.74, 6) is 0. The topological polar surface area (TPSA) is 21.8 Å². The Morgan fingerprint density at radius 3 is 2.58 bits per heavy atom. The van der Waals surface area contributed by atoms with Crippen molar-refractivity contribution in [2.75, 3.05) is 51.7 Å². The molecule has 2 heterocycles. The van der Waals surface area contributed by atoms with Crippen molar-refractivity contribution in [1.29, 1.82) is 0 Å². The molecule has 0 saturated carbocycles. The van der Waals surface area contributed by atoms with Crippen LogP contribution in [0.5, 0.6) is 0 Å². The molecule has 0 aliphatic carbocycles. The van der Waals surface area contributed by atoms with Gasteiger partial charge in [0.2, 0.25) is 0 Å². The molecule has 1 N–H and O–H groups in total. The molecule has 4 nitrogen and oxygen atoms in total. The minimum Gasteiger partial charge on any atom is -0.371 e. The Morgan fingerprint density at radius 1 is 1.17 bits per heavy atom. The predicted octanol–water partition coefficient (Wildman–Crippen LogP) is 2.43. The second-order valence-electron chi connectivity index (χ2n) is 7.36. The van der Waals surface area contributed by atoms with Crippen LogP contribution in [0.1, 0.15) is 25.3 Å². The van der Waals surface area contributed by atoms with Gasteiger partial charge in [-0.15, -0.1) is 12.4 Å². The lowest BCUT2D eigenvalue weighted by molar-refractivity contribution is 0.199. The van der Waals surface area contributed by atoms with Crippen molar-refractivity contribution < 1.29 is 0 Å². The zero-order valence-electron chi connectivity index (χ0n) is 15.4. The number of benzene rings is 1. The van der Waals surface area contributed by atoms with Crippen molar-refractivity contribution >= 4 is 18.1 Å². The van der Waals surface area contributed by atoms with Gasteiger partial charge >= 0.3 is 0 Å². The van der Waals surface area contributed by atoms with Crippen molar-refractivity contribution in [3.8, 4) is 0 Å². The fourth-order valence-corrected chi connectivity index (χ4v) is 3.96. The summed E-state index contributed by atoms with van der Waals surface area (Å²) < 4.78 is 0. The van der Waals surface area contributed by atoms with Crippen molar-refractivity contribution in [2.24, 2.45) is 0 Å². The molecule has 0 radical (unpaired) electrons. The van der Waals surface area contributed by atoms with Crippen LogP contribution in [0.25, 0.3) is 0 Å². The largest absolute Gasteiger partial charge is 0.371 e. The van der Waals surface area contributed by atoms with E-state index < -0.39 is 0 Å². The Balaban J connectivity index is 0.00000208. The lowest BCUT2D eigenvalue weighted by Crippen LogP contribution is -2.48. The second-order valence-corrected chi connectivity index (χ2v) is 7.36. The Kier molecular flexibility index (Phi) is 7.35. The molecule has 136 valence electrons. The Morgan fingerprint density at radius 2 is 1.88 bits per heavy atom. The van der Waals surface area contributed by atoms with Gasteiger partial charge in [0, 0.05) is 51.0 Å². The summed E-state index contributed by atoms with van der Waals surface area (Å²) in [5, 5.41) is 3.53. The molecule has 0 bridgehead atoms. The molecule has 24 heavy (non-hydrogen) atoms. The van der Waals surface area contributed by atoms with Crippen molar-refractivity contribution in [1.82, 2.24) is 15.1 Å². The number of hydrogen-bond donors (Lipinski definition) is 1. The van der Waals surface area contributed by atoms with E-state index in [0.29, 0.717) is 12.1 Å². The molecule has 2 aliphatic heterocycles. The number of para-hydroxylation sites is 1. The van der Waals surface area contributed by atoms with Gasteiger partial charge in [-0.3, -0.25) is 4.90 Å². The number of likely N-dealkylation sites (tertiary alicyclic amines) is 1. The van der Waals surface area contributed by atoms with Crippen LogP contribution in [0, 0.1) is 0 Å². The molecule has 2 fully saturated rings. The Hall–Kier alpha value is -0.810. The van der Waals surface area contributed by atoms with Crippen LogP contribution in [0.3, 0.4) is 0 Å². The third kappa shape index (κ3) is 4.85. The molecule has 2 aliphatic rings. The smallest absolute Gasteiger partial charge is 0.0411 e. The van der Waals surface area contributed by atoms with E-state index in [-0.39, 0.29) is 12.4 Å². The molecular weight excluding hydrogens is 320 g/mol. The summed E-state index contributed by atoms with van der Waals surface area (Å²) in [6, 6.07) is 10.3. The number of piperidine rings is 1. The highest BCUT2D eigenvalue weighted by Crippen LogP contribution is 2.26. The van der Waals surface area contributed by atoms with E-state index in [1.54, 1.807) is 0 Å². The fraction of sp³-hybridized carbons (Fsp3) is 0.684. The van der Waals surface area contributed by atoms with E-state index >= 15 is 0 Å². The van der Waals surface area contributed by atoms with Crippen LogP contribution in [0.15, 0.2) is 24.3 Å². The average molecular weight is 353 g/mol. The molecule has 0 spiro atoms. The quantitative estimate of drug-likeness (QED) is 0.898. The average Bonchev–Trinajstić information content (AvgIpc) is 2.55. The van der Waals surface area contributed by atoms with Gasteiger partial charge in [-0.25, -0.2) is 0 Å². The minimum atomic E-state index is 0. The molecule has 3 rings (SSSR count). The van der Waals surface area contributed by atoms with Crippen LogP contribution < -0.4 is 10.2 Å². The van der Waals surface area contributed by atoms with Gasteiger partial charge in [0.15, 0.2) is 0 Å². The monoisotopic (exact) mass is 352 g/mol. The number of rotatable bonds is 4. The third-order valence-corrected chi connectivity index (χ3v) is 5.45. The number of nitrogens with zero attached hydrogens (tertiary/aromatic N) is 3. The Bertz CT molecular complexity index is 502. The van der Waals surface area contributed by atoms with Crippen molar-refractivity contribution in [3.05, 3.63) is 29.8 Å². The molecular formula is C19H33ClN4. The molecule has 5 heteroatoms. The molecule has 2 saturated heterocycles. The predicted molar refractivity (Wildman–Crippen MR) is 105 cm³/mol. The van der Waals surface area contributed by atoms with E-state index in [9.17, 15) is 0 Å². The highest BCUT2D eigenvalue weighted by molar-refractivity contribution is 5.85. The zero-order valence-corrected chi connectivity index (χ0v) is 16.2. The highest BCUT2D eigenvalue weighted by atomic mass is 35.5. The number of hydrogen-bond acceptors (Lipinski definition) is 4. The van der Waals surface area contributed by atoms with Gasteiger partial charge in [0.1, 0.15) is 0 Å². The Labute approximate surface area is 153 Å². The van der Waals surface area contributed by atoms with Gasteiger partial charge in [0.05, 0.1) is 0 Å². The van der Waals surface area contributed by atoms with Gasteiger partial charge in [-0.1, -0.05) is 18.2 Å². The first-order valence-corrected chi connectivity index (χ1v) is 9.08.